The molecule has 1 aromatic carbocycles. The van der Waals surface area contributed by atoms with Crippen LogP contribution in [0.1, 0.15) is 10.4 Å². The number of benzene rings is 1. The Labute approximate surface area is 117 Å². The van der Waals surface area contributed by atoms with Crippen LogP contribution in [0, 0.1) is 0 Å². The molecular weight excluding hydrogens is 293 g/mol. The summed E-state index contributed by atoms with van der Waals surface area (Å²) in [6, 6.07) is 5.61. The number of hydrogen-bond donors (Lipinski definition) is 2. The molecule has 0 saturated heterocycles. The van der Waals surface area contributed by atoms with E-state index in [0.29, 0.717) is 0 Å². The van der Waals surface area contributed by atoms with Gasteiger partial charge in [0.25, 0.3) is 0 Å². The standard InChI is InChI=1S/C12H11F3N2O4/c1-21-10(19)7-3-2-4-8(5-7)17-9(18)6-16-11(20)12(13,14)15/h2-5H,6H2,1H3,(H,16,20)(H,17,18). The van der Waals surface area contributed by atoms with Crippen molar-refractivity contribution in [1.29, 1.82) is 0 Å². The minimum atomic E-state index is -5.05. The number of nitrogens with one attached hydrogen (secondary N) is 2. The molecule has 0 atom stereocenters. The fourth-order valence-electron chi connectivity index (χ4n) is 1.31. The zero-order valence-electron chi connectivity index (χ0n) is 10.8. The van der Waals surface area contributed by atoms with Gasteiger partial charge in [-0.1, -0.05) is 6.07 Å². The van der Waals surface area contributed by atoms with Gasteiger partial charge in [0, 0.05) is 5.69 Å². The molecule has 0 saturated carbocycles. The SMILES string of the molecule is COC(=O)c1cccc(NC(=O)CNC(=O)C(F)(F)F)c1. The summed E-state index contributed by atoms with van der Waals surface area (Å²) >= 11 is 0. The summed E-state index contributed by atoms with van der Waals surface area (Å²) in [5.74, 6) is -3.70. The second-order valence-corrected chi connectivity index (χ2v) is 3.80. The summed E-state index contributed by atoms with van der Waals surface area (Å²) < 4.78 is 40.2. The second kappa shape index (κ2) is 6.73. The van der Waals surface area contributed by atoms with Crippen molar-refractivity contribution in [2.75, 3.05) is 19.0 Å². The van der Waals surface area contributed by atoms with Crippen molar-refractivity contribution in [3.63, 3.8) is 0 Å². The Morgan fingerprint density at radius 2 is 1.90 bits per heavy atom. The first kappa shape index (κ1) is 16.5. The number of halogens is 3. The van der Waals surface area contributed by atoms with Crippen LogP contribution in [-0.2, 0) is 14.3 Å². The number of esters is 1. The predicted molar refractivity (Wildman–Crippen MR) is 65.5 cm³/mol. The minimum Gasteiger partial charge on any atom is -0.465 e. The van der Waals surface area contributed by atoms with Crippen LogP contribution in [0.5, 0.6) is 0 Å². The van der Waals surface area contributed by atoms with Gasteiger partial charge < -0.3 is 15.4 Å². The molecule has 114 valence electrons. The summed E-state index contributed by atoms with van der Waals surface area (Å²) in [6.45, 7) is -0.846. The largest absolute Gasteiger partial charge is 0.471 e. The highest BCUT2D eigenvalue weighted by Crippen LogP contribution is 2.14. The molecule has 0 fully saturated rings. The third-order valence-electron chi connectivity index (χ3n) is 2.23. The Hall–Kier alpha value is -2.58. The molecule has 2 N–H and O–H groups in total. The quantitative estimate of drug-likeness (QED) is 0.816. The van der Waals surface area contributed by atoms with E-state index >= 15 is 0 Å². The molecule has 0 aromatic heterocycles. The highest BCUT2D eigenvalue weighted by Gasteiger charge is 2.38. The predicted octanol–water partition coefficient (Wildman–Crippen LogP) is 1.09. The third-order valence-corrected chi connectivity index (χ3v) is 2.23. The van der Waals surface area contributed by atoms with Gasteiger partial charge in [-0.25, -0.2) is 4.79 Å². The minimum absolute atomic E-state index is 0.162. The molecule has 2 amide bonds. The average molecular weight is 304 g/mol. The Kier molecular flexibility index (Phi) is 5.28. The fraction of sp³-hybridized carbons (Fsp3) is 0.250. The lowest BCUT2D eigenvalue weighted by atomic mass is 10.2. The van der Waals surface area contributed by atoms with Crippen LogP contribution in [0.2, 0.25) is 0 Å². The maximum atomic E-state index is 11.9. The molecule has 0 unspecified atom stereocenters. The van der Waals surface area contributed by atoms with Crippen molar-refractivity contribution in [2.45, 2.75) is 6.18 Å². The van der Waals surface area contributed by atoms with E-state index in [4.69, 9.17) is 0 Å². The zero-order valence-corrected chi connectivity index (χ0v) is 10.8. The highest BCUT2D eigenvalue weighted by atomic mass is 19.4. The van der Waals surface area contributed by atoms with Gasteiger partial charge in [-0.2, -0.15) is 13.2 Å². The molecule has 1 aromatic rings. The van der Waals surface area contributed by atoms with Gasteiger partial charge in [-0.3, -0.25) is 9.59 Å². The van der Waals surface area contributed by atoms with Gasteiger partial charge in [-0.05, 0) is 18.2 Å². The highest BCUT2D eigenvalue weighted by molar-refractivity contribution is 5.97. The molecule has 0 aliphatic carbocycles. The van der Waals surface area contributed by atoms with E-state index in [9.17, 15) is 27.6 Å². The molecule has 0 heterocycles. The number of carbonyl (C=O) groups is 3. The molecule has 9 heteroatoms. The number of methoxy groups -OCH3 is 1. The van der Waals surface area contributed by atoms with Crippen LogP contribution in [0.25, 0.3) is 0 Å². The number of rotatable bonds is 4. The van der Waals surface area contributed by atoms with Gasteiger partial charge in [0.2, 0.25) is 5.91 Å². The Bertz CT molecular complexity index is 558. The number of carbonyl (C=O) groups excluding carboxylic acids is 3. The first-order valence-corrected chi connectivity index (χ1v) is 5.57. The molecule has 0 aliphatic heterocycles. The molecule has 21 heavy (non-hydrogen) atoms. The van der Waals surface area contributed by atoms with Gasteiger partial charge in [0.1, 0.15) is 0 Å². The van der Waals surface area contributed by atoms with Crippen molar-refractivity contribution in [2.24, 2.45) is 0 Å². The monoisotopic (exact) mass is 304 g/mol. The maximum absolute atomic E-state index is 11.9. The Morgan fingerprint density at radius 1 is 1.24 bits per heavy atom. The third kappa shape index (κ3) is 5.13. The molecule has 0 bridgehead atoms. The first-order chi connectivity index (χ1) is 9.74. The first-order valence-electron chi connectivity index (χ1n) is 5.57. The van der Waals surface area contributed by atoms with Crippen LogP contribution in [0.4, 0.5) is 18.9 Å². The molecule has 1 rings (SSSR count). The molecule has 6 nitrogen and oxygen atoms in total. The lowest BCUT2D eigenvalue weighted by molar-refractivity contribution is -0.173. The topological polar surface area (TPSA) is 84.5 Å². The number of anilines is 1. The van der Waals surface area contributed by atoms with E-state index in [1.54, 1.807) is 0 Å². The van der Waals surface area contributed by atoms with Crippen molar-refractivity contribution in [1.82, 2.24) is 5.32 Å². The summed E-state index contributed by atoms with van der Waals surface area (Å²) in [5, 5.41) is 3.66. The van der Waals surface area contributed by atoms with E-state index in [-0.39, 0.29) is 11.3 Å². The zero-order chi connectivity index (χ0) is 16.0. The summed E-state index contributed by atoms with van der Waals surface area (Å²) in [6.07, 6.45) is -5.05. The van der Waals surface area contributed by atoms with Gasteiger partial charge >= 0.3 is 18.1 Å². The maximum Gasteiger partial charge on any atom is 0.471 e. The van der Waals surface area contributed by atoms with E-state index in [1.807, 2.05) is 0 Å². The van der Waals surface area contributed by atoms with Crippen LogP contribution in [0.15, 0.2) is 24.3 Å². The second-order valence-electron chi connectivity index (χ2n) is 3.80. The van der Waals surface area contributed by atoms with Crippen molar-refractivity contribution < 1.29 is 32.3 Å². The van der Waals surface area contributed by atoms with E-state index in [0.717, 1.165) is 0 Å². The number of alkyl halides is 3. The van der Waals surface area contributed by atoms with Crippen LogP contribution >= 0.6 is 0 Å². The van der Waals surface area contributed by atoms with E-state index < -0.39 is 30.5 Å². The van der Waals surface area contributed by atoms with Crippen molar-refractivity contribution in [3.05, 3.63) is 29.8 Å². The van der Waals surface area contributed by atoms with Gasteiger partial charge in [-0.15, -0.1) is 0 Å². The molecule has 0 spiro atoms. The van der Waals surface area contributed by atoms with Crippen LogP contribution in [-0.4, -0.2) is 37.6 Å². The van der Waals surface area contributed by atoms with Crippen LogP contribution < -0.4 is 10.6 Å². The van der Waals surface area contributed by atoms with Gasteiger partial charge in [0.15, 0.2) is 0 Å². The van der Waals surface area contributed by atoms with Gasteiger partial charge in [0.05, 0.1) is 19.2 Å². The number of hydrogen-bond acceptors (Lipinski definition) is 4. The van der Waals surface area contributed by atoms with E-state index in [2.05, 4.69) is 10.1 Å². The number of amides is 2. The average Bonchev–Trinajstić information content (AvgIpc) is 2.43. The van der Waals surface area contributed by atoms with Crippen LogP contribution in [0.3, 0.4) is 0 Å². The lowest BCUT2D eigenvalue weighted by Crippen LogP contribution is -2.41. The number of ether oxygens (including phenoxy) is 1. The molecule has 0 aliphatic rings. The normalized spacial score (nSPS) is 10.7. The molecular formula is C12H11F3N2O4. The summed E-state index contributed by atoms with van der Waals surface area (Å²) in [4.78, 5) is 33.2. The Balaban J connectivity index is 2.59. The smallest absolute Gasteiger partial charge is 0.465 e. The summed E-state index contributed by atoms with van der Waals surface area (Å²) in [5.41, 5.74) is 0.346. The fourth-order valence-corrected chi connectivity index (χ4v) is 1.31. The van der Waals surface area contributed by atoms with Crippen molar-refractivity contribution >= 4 is 23.5 Å². The molecule has 0 radical (unpaired) electrons. The van der Waals surface area contributed by atoms with Crippen molar-refractivity contribution in [3.8, 4) is 0 Å². The van der Waals surface area contributed by atoms with E-state index in [1.165, 1.54) is 36.7 Å². The summed E-state index contributed by atoms with van der Waals surface area (Å²) in [7, 11) is 1.18. The Morgan fingerprint density at radius 3 is 2.48 bits per heavy atom. The lowest BCUT2D eigenvalue weighted by Gasteiger charge is -2.09.